The van der Waals surface area contributed by atoms with E-state index < -0.39 is 0 Å². The van der Waals surface area contributed by atoms with E-state index in [1.165, 1.54) is 11.3 Å². The van der Waals surface area contributed by atoms with Crippen LogP contribution < -0.4 is 10.6 Å². The molecule has 28 heavy (non-hydrogen) atoms. The van der Waals surface area contributed by atoms with Crippen LogP contribution in [-0.2, 0) is 4.79 Å². The zero-order valence-electron chi connectivity index (χ0n) is 14.5. The number of nitrogens with one attached hydrogen (secondary N) is 2. The van der Waals surface area contributed by atoms with Crippen LogP contribution >= 0.6 is 34.5 Å². The second kappa shape index (κ2) is 7.91. The van der Waals surface area contributed by atoms with Crippen molar-refractivity contribution in [3.05, 3.63) is 63.5 Å². The number of anilines is 2. The average Bonchev–Trinajstić information content (AvgIpc) is 3.44. The number of nitrogens with zero attached hydrogens (tertiary/aromatic N) is 1. The molecular weight excluding hydrogens is 417 g/mol. The standard InChI is InChI=1S/C20H15Cl2N3O2S/c21-13-5-8-16(22)15(9-13)17-10-28-20(24-17)25-19(27)12-3-6-14(7-4-12)23-18(26)11-1-2-11/h3-11H,1-2H2,(H,23,26)(H,24,25,27). The Balaban J connectivity index is 1.43. The first-order valence-corrected chi connectivity index (χ1v) is 10.3. The quantitative estimate of drug-likeness (QED) is 0.542. The predicted molar refractivity (Wildman–Crippen MR) is 113 cm³/mol. The summed E-state index contributed by atoms with van der Waals surface area (Å²) in [6, 6.07) is 11.9. The normalized spacial score (nSPS) is 13.2. The van der Waals surface area contributed by atoms with Gasteiger partial charge in [-0.3, -0.25) is 14.9 Å². The van der Waals surface area contributed by atoms with Gasteiger partial charge in [0.05, 0.1) is 10.7 Å². The van der Waals surface area contributed by atoms with Gasteiger partial charge in [-0.1, -0.05) is 23.2 Å². The maximum atomic E-state index is 12.5. The zero-order valence-corrected chi connectivity index (χ0v) is 16.9. The number of aromatic nitrogens is 1. The molecular formula is C20H15Cl2N3O2S. The van der Waals surface area contributed by atoms with Gasteiger partial charge < -0.3 is 5.32 Å². The molecule has 0 saturated heterocycles. The number of carbonyl (C=O) groups is 2. The maximum absolute atomic E-state index is 12.5. The Morgan fingerprint density at radius 1 is 1.04 bits per heavy atom. The average molecular weight is 432 g/mol. The Morgan fingerprint density at radius 2 is 1.79 bits per heavy atom. The van der Waals surface area contributed by atoms with Crippen molar-refractivity contribution < 1.29 is 9.59 Å². The molecule has 2 amide bonds. The third kappa shape index (κ3) is 4.35. The summed E-state index contributed by atoms with van der Waals surface area (Å²) >= 11 is 13.5. The lowest BCUT2D eigenvalue weighted by atomic mass is 10.2. The Morgan fingerprint density at radius 3 is 2.50 bits per heavy atom. The van der Waals surface area contributed by atoms with Crippen LogP contribution in [0.4, 0.5) is 10.8 Å². The molecule has 0 radical (unpaired) electrons. The van der Waals surface area contributed by atoms with Crippen molar-refractivity contribution in [3.63, 3.8) is 0 Å². The highest BCUT2D eigenvalue weighted by atomic mass is 35.5. The van der Waals surface area contributed by atoms with Crippen LogP contribution in [0.5, 0.6) is 0 Å². The number of hydrogen-bond donors (Lipinski definition) is 2. The molecule has 142 valence electrons. The van der Waals surface area contributed by atoms with Gasteiger partial charge in [0.25, 0.3) is 5.91 Å². The predicted octanol–water partition coefficient (Wildman–Crippen LogP) is 5.72. The molecule has 2 N–H and O–H groups in total. The molecule has 1 fully saturated rings. The van der Waals surface area contributed by atoms with E-state index in [1.54, 1.807) is 42.5 Å². The molecule has 5 nitrogen and oxygen atoms in total. The van der Waals surface area contributed by atoms with Crippen molar-refractivity contribution in [1.29, 1.82) is 0 Å². The molecule has 3 aromatic rings. The molecule has 1 aliphatic carbocycles. The highest BCUT2D eigenvalue weighted by Crippen LogP contribution is 2.33. The van der Waals surface area contributed by atoms with Gasteiger partial charge in [0.1, 0.15) is 0 Å². The molecule has 1 heterocycles. The summed E-state index contributed by atoms with van der Waals surface area (Å²) in [5, 5.41) is 8.99. The van der Waals surface area contributed by atoms with Crippen LogP contribution in [0.3, 0.4) is 0 Å². The molecule has 0 aliphatic heterocycles. The van der Waals surface area contributed by atoms with E-state index in [-0.39, 0.29) is 17.7 Å². The van der Waals surface area contributed by atoms with Gasteiger partial charge in [0.15, 0.2) is 5.13 Å². The number of rotatable bonds is 5. The first kappa shape index (κ1) is 18.9. The van der Waals surface area contributed by atoms with Crippen molar-refractivity contribution in [2.45, 2.75) is 12.8 Å². The first-order chi connectivity index (χ1) is 13.5. The number of carbonyl (C=O) groups excluding carboxylic acids is 2. The minimum absolute atomic E-state index is 0.0344. The van der Waals surface area contributed by atoms with Gasteiger partial charge in [0.2, 0.25) is 5.91 Å². The summed E-state index contributed by atoms with van der Waals surface area (Å²) < 4.78 is 0. The van der Waals surface area contributed by atoms with E-state index in [4.69, 9.17) is 23.2 Å². The third-order valence-corrected chi connectivity index (χ3v) is 5.61. The number of halogens is 2. The summed E-state index contributed by atoms with van der Waals surface area (Å²) in [7, 11) is 0. The lowest BCUT2D eigenvalue weighted by Crippen LogP contribution is -2.14. The van der Waals surface area contributed by atoms with E-state index in [0.29, 0.717) is 37.7 Å². The fourth-order valence-corrected chi connectivity index (χ4v) is 3.70. The molecule has 1 aromatic heterocycles. The minimum Gasteiger partial charge on any atom is -0.326 e. The second-order valence-electron chi connectivity index (χ2n) is 6.46. The van der Waals surface area contributed by atoms with Crippen LogP contribution in [0.1, 0.15) is 23.2 Å². The van der Waals surface area contributed by atoms with Gasteiger partial charge in [-0.05, 0) is 55.3 Å². The lowest BCUT2D eigenvalue weighted by Gasteiger charge is -2.06. The van der Waals surface area contributed by atoms with Crippen LogP contribution in [0.15, 0.2) is 47.8 Å². The summed E-state index contributed by atoms with van der Waals surface area (Å²) in [5.74, 6) is -0.111. The van der Waals surface area contributed by atoms with Crippen LogP contribution in [0, 0.1) is 5.92 Å². The topological polar surface area (TPSA) is 71.1 Å². The zero-order chi connectivity index (χ0) is 19.7. The fourth-order valence-electron chi connectivity index (χ4n) is 2.61. The summed E-state index contributed by atoms with van der Waals surface area (Å²) in [5.41, 5.74) is 2.51. The molecule has 8 heteroatoms. The van der Waals surface area contributed by atoms with Gasteiger partial charge in [-0.2, -0.15) is 0 Å². The second-order valence-corrected chi connectivity index (χ2v) is 8.16. The molecule has 2 aromatic carbocycles. The monoisotopic (exact) mass is 431 g/mol. The van der Waals surface area contributed by atoms with Crippen molar-refractivity contribution in [2.24, 2.45) is 5.92 Å². The molecule has 0 atom stereocenters. The van der Waals surface area contributed by atoms with Crippen molar-refractivity contribution in [1.82, 2.24) is 4.98 Å². The smallest absolute Gasteiger partial charge is 0.257 e. The van der Waals surface area contributed by atoms with Crippen LogP contribution in [-0.4, -0.2) is 16.8 Å². The SMILES string of the molecule is O=C(Nc1nc(-c2cc(Cl)ccc2Cl)cs1)c1ccc(NC(=O)C2CC2)cc1. The Kier molecular flexibility index (Phi) is 5.35. The van der Waals surface area contributed by atoms with Crippen molar-refractivity contribution in [3.8, 4) is 11.3 Å². The van der Waals surface area contributed by atoms with Crippen molar-refractivity contribution in [2.75, 3.05) is 10.6 Å². The highest BCUT2D eigenvalue weighted by molar-refractivity contribution is 7.14. The number of amides is 2. The van der Waals surface area contributed by atoms with Gasteiger partial charge >= 0.3 is 0 Å². The van der Waals surface area contributed by atoms with Gasteiger partial charge in [-0.15, -0.1) is 11.3 Å². The summed E-state index contributed by atoms with van der Waals surface area (Å²) in [6.07, 6.45) is 1.89. The van der Waals surface area contributed by atoms with Gasteiger partial charge in [-0.25, -0.2) is 4.98 Å². The first-order valence-electron chi connectivity index (χ1n) is 8.63. The Labute approximate surface area is 175 Å². The van der Waals surface area contributed by atoms with Crippen molar-refractivity contribution >= 4 is 57.2 Å². The fraction of sp³-hybridized carbons (Fsp3) is 0.150. The molecule has 1 saturated carbocycles. The Bertz CT molecular complexity index is 1050. The van der Waals surface area contributed by atoms with E-state index in [9.17, 15) is 9.59 Å². The lowest BCUT2D eigenvalue weighted by molar-refractivity contribution is -0.117. The minimum atomic E-state index is -0.279. The largest absolute Gasteiger partial charge is 0.326 e. The van der Waals surface area contributed by atoms with Crippen LogP contribution in [0.2, 0.25) is 10.0 Å². The van der Waals surface area contributed by atoms with Gasteiger partial charge in [0, 0.05) is 33.1 Å². The Hall–Kier alpha value is -2.41. The molecule has 0 unspecified atom stereocenters. The summed E-state index contributed by atoms with van der Waals surface area (Å²) in [4.78, 5) is 28.7. The highest BCUT2D eigenvalue weighted by Gasteiger charge is 2.29. The maximum Gasteiger partial charge on any atom is 0.257 e. The molecule has 0 spiro atoms. The molecule has 0 bridgehead atoms. The van der Waals surface area contributed by atoms with E-state index in [0.717, 1.165) is 12.8 Å². The molecule has 1 aliphatic rings. The third-order valence-electron chi connectivity index (χ3n) is 4.29. The van der Waals surface area contributed by atoms with Crippen LogP contribution in [0.25, 0.3) is 11.3 Å². The van der Waals surface area contributed by atoms with E-state index in [2.05, 4.69) is 15.6 Å². The van der Waals surface area contributed by atoms with E-state index in [1.807, 2.05) is 5.38 Å². The van der Waals surface area contributed by atoms with E-state index >= 15 is 0 Å². The number of thiazole rings is 1. The number of benzene rings is 2. The summed E-state index contributed by atoms with van der Waals surface area (Å²) in [6.45, 7) is 0. The number of hydrogen-bond acceptors (Lipinski definition) is 4. The molecule has 4 rings (SSSR count).